The van der Waals surface area contributed by atoms with Gasteiger partial charge in [-0.3, -0.25) is 4.90 Å². The first kappa shape index (κ1) is 16.9. The zero-order valence-corrected chi connectivity index (χ0v) is 13.7. The molecule has 1 aliphatic rings. The quantitative estimate of drug-likeness (QED) is 0.686. The van der Waals surface area contributed by atoms with E-state index >= 15 is 0 Å². The molecule has 1 heterocycles. The number of hydrogen-bond donors (Lipinski definition) is 1. The van der Waals surface area contributed by atoms with Crippen molar-refractivity contribution in [1.29, 1.82) is 0 Å². The summed E-state index contributed by atoms with van der Waals surface area (Å²) in [4.78, 5) is 2.68. The lowest BCUT2D eigenvalue weighted by atomic mass is 9.82. The molecule has 1 atom stereocenters. The van der Waals surface area contributed by atoms with Crippen molar-refractivity contribution < 1.29 is 4.74 Å². The molecule has 1 saturated heterocycles. The van der Waals surface area contributed by atoms with Crippen LogP contribution in [0.3, 0.4) is 0 Å². The van der Waals surface area contributed by atoms with Crippen molar-refractivity contribution in [1.82, 2.24) is 10.2 Å². The molecule has 3 heteroatoms. The highest BCUT2D eigenvalue weighted by Crippen LogP contribution is 2.30. The molecule has 0 aromatic heterocycles. The zero-order chi connectivity index (χ0) is 14.4. The van der Waals surface area contributed by atoms with Crippen LogP contribution in [0.2, 0.25) is 0 Å². The van der Waals surface area contributed by atoms with E-state index in [1.165, 1.54) is 19.3 Å². The van der Waals surface area contributed by atoms with Gasteiger partial charge in [0.05, 0.1) is 6.61 Å². The largest absolute Gasteiger partial charge is 0.380 e. The third kappa shape index (κ3) is 4.17. The second kappa shape index (κ2) is 7.61. The molecule has 1 rings (SSSR count). The first-order valence-electron chi connectivity index (χ1n) is 8.13. The summed E-state index contributed by atoms with van der Waals surface area (Å²) in [6.07, 6.45) is 4.72. The molecule has 0 saturated carbocycles. The Hall–Kier alpha value is -0.120. The third-order valence-corrected chi connectivity index (χ3v) is 5.01. The van der Waals surface area contributed by atoms with Gasteiger partial charge in [-0.05, 0) is 32.6 Å². The minimum atomic E-state index is 0.262. The molecule has 1 aliphatic heterocycles. The third-order valence-electron chi connectivity index (χ3n) is 5.01. The highest BCUT2D eigenvalue weighted by atomic mass is 16.5. The van der Waals surface area contributed by atoms with E-state index < -0.39 is 0 Å². The Morgan fingerprint density at radius 2 is 1.74 bits per heavy atom. The summed E-state index contributed by atoms with van der Waals surface area (Å²) in [5.41, 5.74) is 0.586. The maximum Gasteiger partial charge on any atom is 0.0593 e. The maximum absolute atomic E-state index is 5.71. The smallest absolute Gasteiger partial charge is 0.0593 e. The average Bonchev–Trinajstić information content (AvgIpc) is 2.44. The number of ether oxygens (including phenoxy) is 1. The average molecular weight is 270 g/mol. The van der Waals surface area contributed by atoms with E-state index in [2.05, 4.69) is 44.8 Å². The molecular formula is C16H34N2O. The maximum atomic E-state index is 5.71. The number of piperazine rings is 1. The van der Waals surface area contributed by atoms with Crippen LogP contribution in [0.1, 0.15) is 60.3 Å². The van der Waals surface area contributed by atoms with Crippen molar-refractivity contribution in [2.24, 2.45) is 0 Å². The van der Waals surface area contributed by atoms with E-state index in [-0.39, 0.29) is 5.54 Å². The second-order valence-electron chi connectivity index (χ2n) is 6.23. The summed E-state index contributed by atoms with van der Waals surface area (Å²) in [5, 5.41) is 3.79. The van der Waals surface area contributed by atoms with Crippen LogP contribution < -0.4 is 5.32 Å². The van der Waals surface area contributed by atoms with Gasteiger partial charge in [0.15, 0.2) is 0 Å². The second-order valence-corrected chi connectivity index (χ2v) is 6.23. The molecule has 1 fully saturated rings. The van der Waals surface area contributed by atoms with E-state index in [9.17, 15) is 0 Å². The van der Waals surface area contributed by atoms with E-state index in [1.54, 1.807) is 0 Å². The van der Waals surface area contributed by atoms with Gasteiger partial charge in [0, 0.05) is 37.3 Å². The van der Waals surface area contributed by atoms with Crippen molar-refractivity contribution in [2.75, 3.05) is 32.8 Å². The molecule has 0 radical (unpaired) electrons. The molecule has 0 spiro atoms. The molecule has 0 aliphatic carbocycles. The molecule has 0 bridgehead atoms. The monoisotopic (exact) mass is 270 g/mol. The summed E-state index contributed by atoms with van der Waals surface area (Å²) in [6, 6.07) is 0. The minimum absolute atomic E-state index is 0.262. The Balaban J connectivity index is 2.65. The number of hydrogen-bond acceptors (Lipinski definition) is 3. The van der Waals surface area contributed by atoms with E-state index in [4.69, 9.17) is 4.74 Å². The van der Waals surface area contributed by atoms with E-state index in [0.717, 1.165) is 39.3 Å². The predicted molar refractivity (Wildman–Crippen MR) is 82.7 cm³/mol. The highest BCUT2D eigenvalue weighted by molar-refractivity contribution is 5.02. The standard InChI is InChI=1S/C16H34N2O/c1-6-11-19-12-10-18-14-15(5,7-2)17-13-16(18,8-3)9-4/h17H,6-14H2,1-5H3. The molecule has 114 valence electrons. The van der Waals surface area contributed by atoms with E-state index in [0.29, 0.717) is 5.54 Å². The summed E-state index contributed by atoms with van der Waals surface area (Å²) in [5.74, 6) is 0. The Labute approximate surface area is 120 Å². The highest BCUT2D eigenvalue weighted by Gasteiger charge is 2.42. The lowest BCUT2D eigenvalue weighted by Crippen LogP contribution is -2.69. The van der Waals surface area contributed by atoms with Gasteiger partial charge in [0.1, 0.15) is 0 Å². The first-order chi connectivity index (χ1) is 9.05. The van der Waals surface area contributed by atoms with Gasteiger partial charge in [0.25, 0.3) is 0 Å². The van der Waals surface area contributed by atoms with Crippen LogP contribution in [0.4, 0.5) is 0 Å². The summed E-state index contributed by atoms with van der Waals surface area (Å²) < 4.78 is 5.71. The molecule has 0 amide bonds. The summed E-state index contributed by atoms with van der Waals surface area (Å²) in [7, 11) is 0. The van der Waals surface area contributed by atoms with Crippen LogP contribution in [0.25, 0.3) is 0 Å². The molecule has 0 aromatic rings. The van der Waals surface area contributed by atoms with Gasteiger partial charge < -0.3 is 10.1 Å². The zero-order valence-electron chi connectivity index (χ0n) is 13.7. The van der Waals surface area contributed by atoms with Crippen LogP contribution >= 0.6 is 0 Å². The van der Waals surface area contributed by atoms with Gasteiger partial charge in [-0.1, -0.05) is 27.7 Å². The lowest BCUT2D eigenvalue weighted by molar-refractivity contribution is -0.0174. The summed E-state index contributed by atoms with van der Waals surface area (Å²) >= 11 is 0. The molecular weight excluding hydrogens is 236 g/mol. The Morgan fingerprint density at radius 1 is 1.05 bits per heavy atom. The molecule has 19 heavy (non-hydrogen) atoms. The lowest BCUT2D eigenvalue weighted by Gasteiger charge is -2.53. The van der Waals surface area contributed by atoms with E-state index in [1.807, 2.05) is 0 Å². The van der Waals surface area contributed by atoms with Crippen molar-refractivity contribution in [3.8, 4) is 0 Å². The number of rotatable bonds is 8. The molecule has 1 N–H and O–H groups in total. The first-order valence-corrected chi connectivity index (χ1v) is 8.13. The van der Waals surface area contributed by atoms with Gasteiger partial charge in [-0.15, -0.1) is 0 Å². The van der Waals surface area contributed by atoms with Crippen molar-refractivity contribution in [3.05, 3.63) is 0 Å². The predicted octanol–water partition coefficient (Wildman–Crippen LogP) is 3.05. The Morgan fingerprint density at radius 3 is 2.26 bits per heavy atom. The van der Waals surface area contributed by atoms with Crippen LogP contribution in [-0.2, 0) is 4.74 Å². The Bertz CT molecular complexity index is 253. The van der Waals surface area contributed by atoms with Crippen LogP contribution in [0.5, 0.6) is 0 Å². The van der Waals surface area contributed by atoms with Gasteiger partial charge in [0.2, 0.25) is 0 Å². The fourth-order valence-corrected chi connectivity index (χ4v) is 3.06. The Kier molecular flexibility index (Phi) is 6.78. The molecule has 3 nitrogen and oxygen atoms in total. The summed E-state index contributed by atoms with van der Waals surface area (Å²) in [6.45, 7) is 16.5. The van der Waals surface area contributed by atoms with Crippen LogP contribution in [-0.4, -0.2) is 48.8 Å². The van der Waals surface area contributed by atoms with Gasteiger partial charge >= 0.3 is 0 Å². The van der Waals surface area contributed by atoms with Crippen molar-refractivity contribution >= 4 is 0 Å². The molecule has 0 aromatic carbocycles. The number of nitrogens with one attached hydrogen (secondary N) is 1. The van der Waals surface area contributed by atoms with Gasteiger partial charge in [-0.2, -0.15) is 0 Å². The van der Waals surface area contributed by atoms with Crippen LogP contribution in [0, 0.1) is 0 Å². The number of nitrogens with zero attached hydrogens (tertiary/aromatic N) is 1. The minimum Gasteiger partial charge on any atom is -0.380 e. The van der Waals surface area contributed by atoms with Gasteiger partial charge in [-0.25, -0.2) is 0 Å². The van der Waals surface area contributed by atoms with Crippen molar-refractivity contribution in [2.45, 2.75) is 71.4 Å². The fourth-order valence-electron chi connectivity index (χ4n) is 3.06. The fraction of sp³-hybridized carbons (Fsp3) is 1.00. The topological polar surface area (TPSA) is 24.5 Å². The molecule has 1 unspecified atom stereocenters. The van der Waals surface area contributed by atoms with Crippen molar-refractivity contribution in [3.63, 3.8) is 0 Å². The van der Waals surface area contributed by atoms with Crippen LogP contribution in [0.15, 0.2) is 0 Å². The SMILES string of the molecule is CCCOCCN1CC(C)(CC)NCC1(CC)CC. The normalized spacial score (nSPS) is 27.6.